The number of hydrogen-bond donors (Lipinski definition) is 2. The molecule has 0 unspecified atom stereocenters. The topological polar surface area (TPSA) is 76.0 Å². The first kappa shape index (κ1) is 21.5. The maximum Gasteiger partial charge on any atom is 0.251 e. The third-order valence-corrected chi connectivity index (χ3v) is 5.37. The van der Waals surface area contributed by atoms with Gasteiger partial charge in [-0.25, -0.2) is 13.8 Å². The standard InChI is InChI=1S/C21H20F2N4O2S/c1-13(17-8-5-15(22)11-18(17)23)25-20(29)14-3-6-16(7-4-14)26-19(28)12-30-21-24-9-10-27(21)2/h3-11,13H,12H2,1-2H3,(H,25,29)(H,26,28)/t13-/m0/s1. The highest BCUT2D eigenvalue weighted by Gasteiger charge is 2.15. The maximum atomic E-state index is 13.9. The average molecular weight is 430 g/mol. The van der Waals surface area contributed by atoms with E-state index in [1.807, 2.05) is 11.6 Å². The highest BCUT2D eigenvalue weighted by molar-refractivity contribution is 7.99. The maximum absolute atomic E-state index is 13.9. The molecule has 30 heavy (non-hydrogen) atoms. The third-order valence-electron chi connectivity index (χ3n) is 4.32. The lowest BCUT2D eigenvalue weighted by Crippen LogP contribution is -2.27. The van der Waals surface area contributed by atoms with Crippen LogP contribution in [0, 0.1) is 11.6 Å². The minimum atomic E-state index is -0.718. The second kappa shape index (κ2) is 9.53. The lowest BCUT2D eigenvalue weighted by atomic mass is 10.1. The Morgan fingerprint density at radius 3 is 2.53 bits per heavy atom. The smallest absolute Gasteiger partial charge is 0.251 e. The second-order valence-electron chi connectivity index (χ2n) is 6.60. The van der Waals surface area contributed by atoms with Crippen molar-refractivity contribution in [2.24, 2.45) is 7.05 Å². The molecule has 1 atom stereocenters. The predicted octanol–water partition coefficient (Wildman–Crippen LogP) is 3.92. The lowest BCUT2D eigenvalue weighted by molar-refractivity contribution is -0.113. The molecule has 0 bridgehead atoms. The van der Waals surface area contributed by atoms with Crippen LogP contribution in [0.3, 0.4) is 0 Å². The molecule has 0 saturated carbocycles. The van der Waals surface area contributed by atoms with Gasteiger partial charge in [-0.05, 0) is 37.3 Å². The molecule has 2 amide bonds. The minimum absolute atomic E-state index is 0.193. The quantitative estimate of drug-likeness (QED) is 0.557. The van der Waals surface area contributed by atoms with Gasteiger partial charge in [0, 0.05) is 42.3 Å². The Kier molecular flexibility index (Phi) is 6.83. The van der Waals surface area contributed by atoms with E-state index in [0.29, 0.717) is 11.3 Å². The van der Waals surface area contributed by atoms with Crippen LogP contribution >= 0.6 is 11.8 Å². The zero-order valence-electron chi connectivity index (χ0n) is 16.4. The number of thioether (sulfide) groups is 1. The van der Waals surface area contributed by atoms with Crippen LogP contribution in [0.2, 0.25) is 0 Å². The predicted molar refractivity (Wildman–Crippen MR) is 111 cm³/mol. The van der Waals surface area contributed by atoms with Crippen LogP contribution in [-0.4, -0.2) is 27.1 Å². The van der Waals surface area contributed by atoms with Crippen molar-refractivity contribution < 1.29 is 18.4 Å². The fourth-order valence-corrected chi connectivity index (χ4v) is 3.47. The molecule has 9 heteroatoms. The molecule has 0 fully saturated rings. The number of benzene rings is 2. The van der Waals surface area contributed by atoms with Gasteiger partial charge in [0.2, 0.25) is 5.91 Å². The van der Waals surface area contributed by atoms with Crippen LogP contribution in [0.1, 0.15) is 28.9 Å². The Morgan fingerprint density at radius 2 is 1.90 bits per heavy atom. The molecule has 3 rings (SSSR count). The van der Waals surface area contributed by atoms with Gasteiger partial charge in [-0.15, -0.1) is 0 Å². The van der Waals surface area contributed by atoms with Gasteiger partial charge < -0.3 is 15.2 Å². The molecular formula is C21H20F2N4O2S. The van der Waals surface area contributed by atoms with E-state index in [1.54, 1.807) is 43.6 Å². The van der Waals surface area contributed by atoms with Gasteiger partial charge in [0.1, 0.15) is 11.6 Å². The van der Waals surface area contributed by atoms with Crippen molar-refractivity contribution >= 4 is 29.3 Å². The zero-order chi connectivity index (χ0) is 21.7. The lowest BCUT2D eigenvalue weighted by Gasteiger charge is -2.15. The van der Waals surface area contributed by atoms with E-state index >= 15 is 0 Å². The minimum Gasteiger partial charge on any atom is -0.345 e. The molecule has 1 aromatic heterocycles. The first-order valence-corrected chi connectivity index (χ1v) is 10.1. The number of aryl methyl sites for hydroxylation is 1. The number of nitrogens with zero attached hydrogens (tertiary/aromatic N) is 2. The summed E-state index contributed by atoms with van der Waals surface area (Å²) in [5.41, 5.74) is 1.10. The van der Waals surface area contributed by atoms with Crippen molar-refractivity contribution in [3.8, 4) is 0 Å². The molecule has 0 spiro atoms. The van der Waals surface area contributed by atoms with E-state index in [1.165, 1.54) is 17.8 Å². The van der Waals surface area contributed by atoms with Crippen molar-refractivity contribution in [3.05, 3.63) is 77.6 Å². The summed E-state index contributed by atoms with van der Waals surface area (Å²) >= 11 is 1.32. The number of amides is 2. The Morgan fingerprint density at radius 1 is 1.17 bits per heavy atom. The summed E-state index contributed by atoms with van der Waals surface area (Å²) in [7, 11) is 1.85. The summed E-state index contributed by atoms with van der Waals surface area (Å²) in [6.07, 6.45) is 3.46. The Balaban J connectivity index is 1.54. The number of hydrogen-bond acceptors (Lipinski definition) is 4. The van der Waals surface area contributed by atoms with E-state index in [9.17, 15) is 18.4 Å². The fraction of sp³-hybridized carbons (Fsp3) is 0.190. The van der Waals surface area contributed by atoms with Gasteiger partial charge in [0.15, 0.2) is 5.16 Å². The molecule has 2 aromatic carbocycles. The van der Waals surface area contributed by atoms with Crippen LogP contribution < -0.4 is 10.6 Å². The molecule has 0 aliphatic carbocycles. The largest absolute Gasteiger partial charge is 0.345 e. The van der Waals surface area contributed by atoms with Crippen molar-refractivity contribution in [1.82, 2.24) is 14.9 Å². The van der Waals surface area contributed by atoms with Gasteiger partial charge in [-0.3, -0.25) is 9.59 Å². The number of imidazole rings is 1. The highest BCUT2D eigenvalue weighted by atomic mass is 32.2. The van der Waals surface area contributed by atoms with Crippen LogP contribution in [0.25, 0.3) is 0 Å². The van der Waals surface area contributed by atoms with Crippen LogP contribution in [0.4, 0.5) is 14.5 Å². The number of nitrogens with one attached hydrogen (secondary N) is 2. The number of aromatic nitrogens is 2. The van der Waals surface area contributed by atoms with E-state index in [0.717, 1.165) is 17.3 Å². The Bertz CT molecular complexity index is 1050. The molecule has 0 aliphatic heterocycles. The normalized spacial score (nSPS) is 11.7. The molecule has 3 aromatic rings. The summed E-state index contributed by atoms with van der Waals surface area (Å²) in [6, 6.07) is 8.93. The molecule has 6 nitrogen and oxygen atoms in total. The molecule has 0 radical (unpaired) electrons. The summed E-state index contributed by atoms with van der Waals surface area (Å²) < 4.78 is 28.7. The van der Waals surface area contributed by atoms with Gasteiger partial charge in [0.25, 0.3) is 5.91 Å². The summed E-state index contributed by atoms with van der Waals surface area (Å²) in [4.78, 5) is 28.6. The van der Waals surface area contributed by atoms with Gasteiger partial charge in [0.05, 0.1) is 11.8 Å². The average Bonchev–Trinajstić information content (AvgIpc) is 3.11. The third kappa shape index (κ3) is 5.44. The summed E-state index contributed by atoms with van der Waals surface area (Å²) in [5.74, 6) is -1.79. The molecule has 2 N–H and O–H groups in total. The zero-order valence-corrected chi connectivity index (χ0v) is 17.2. The first-order valence-electron chi connectivity index (χ1n) is 9.09. The van der Waals surface area contributed by atoms with E-state index in [4.69, 9.17) is 0 Å². The molecule has 1 heterocycles. The molecule has 156 valence electrons. The van der Waals surface area contributed by atoms with Crippen LogP contribution in [0.15, 0.2) is 60.0 Å². The molecular weight excluding hydrogens is 410 g/mol. The first-order chi connectivity index (χ1) is 14.3. The summed E-state index contributed by atoms with van der Waals surface area (Å²) in [6.45, 7) is 1.61. The number of carbonyl (C=O) groups excluding carboxylic acids is 2. The van der Waals surface area contributed by atoms with Crippen molar-refractivity contribution in [2.45, 2.75) is 18.1 Å². The number of rotatable bonds is 7. The summed E-state index contributed by atoms with van der Waals surface area (Å²) in [5, 5.41) is 6.17. The second-order valence-corrected chi connectivity index (χ2v) is 7.54. The Hall–Kier alpha value is -3.20. The highest BCUT2D eigenvalue weighted by Crippen LogP contribution is 2.19. The monoisotopic (exact) mass is 430 g/mol. The van der Waals surface area contributed by atoms with E-state index < -0.39 is 23.6 Å². The van der Waals surface area contributed by atoms with Gasteiger partial charge in [-0.2, -0.15) is 0 Å². The molecule has 0 saturated heterocycles. The number of anilines is 1. The van der Waals surface area contributed by atoms with E-state index in [2.05, 4.69) is 15.6 Å². The molecule has 0 aliphatic rings. The fourth-order valence-electron chi connectivity index (χ4n) is 2.73. The van der Waals surface area contributed by atoms with Gasteiger partial charge in [-0.1, -0.05) is 17.8 Å². The Labute approximate surface area is 176 Å². The van der Waals surface area contributed by atoms with Gasteiger partial charge >= 0.3 is 0 Å². The van der Waals surface area contributed by atoms with Crippen LogP contribution in [0.5, 0.6) is 0 Å². The van der Waals surface area contributed by atoms with Crippen LogP contribution in [-0.2, 0) is 11.8 Å². The number of carbonyl (C=O) groups is 2. The van der Waals surface area contributed by atoms with E-state index in [-0.39, 0.29) is 17.2 Å². The van der Waals surface area contributed by atoms with Crippen molar-refractivity contribution in [2.75, 3.05) is 11.1 Å². The van der Waals surface area contributed by atoms with Crippen molar-refractivity contribution in [3.63, 3.8) is 0 Å². The number of halogens is 2. The SMILES string of the molecule is C[C@H](NC(=O)c1ccc(NC(=O)CSc2nccn2C)cc1)c1ccc(F)cc1F. The van der Waals surface area contributed by atoms with Crippen molar-refractivity contribution in [1.29, 1.82) is 0 Å².